The lowest BCUT2D eigenvalue weighted by atomic mass is 10.1. The second-order valence-corrected chi connectivity index (χ2v) is 4.97. The predicted octanol–water partition coefficient (Wildman–Crippen LogP) is -1.94. The molecule has 0 spiro atoms. The van der Waals surface area contributed by atoms with Crippen molar-refractivity contribution in [1.82, 2.24) is 0 Å². The Morgan fingerprint density at radius 3 is 2.39 bits per heavy atom. The first-order valence-electron chi connectivity index (χ1n) is 4.83. The van der Waals surface area contributed by atoms with Crippen LogP contribution in [0.5, 0.6) is 0 Å². The lowest BCUT2D eigenvalue weighted by molar-refractivity contribution is -2.00. The van der Waals surface area contributed by atoms with Crippen molar-refractivity contribution in [2.45, 2.75) is 0 Å². The van der Waals surface area contributed by atoms with Gasteiger partial charge in [-0.05, 0) is 11.4 Å². The monoisotopic (exact) mass is 285 g/mol. The van der Waals surface area contributed by atoms with Crippen LogP contribution in [0.25, 0.3) is 22.2 Å². The second kappa shape index (κ2) is 5.15. The standard InChI is InChI=1S/C11H7NS.ClHO4/c1-2-4-10-8(3-1)9-7-13-6-5-11(9)12-10;2-1(3,4)5/h1-7H;(H,2,3,4,5). The number of aromatic amines is 1. The molecule has 2 aliphatic heterocycles. The number of rotatable bonds is 0. The number of hydrogen-bond donors (Lipinski definition) is 0. The maximum Gasteiger partial charge on any atom is 0.213 e. The molecule has 0 fully saturated rings. The quantitative estimate of drug-likeness (QED) is 0.479. The minimum Gasteiger partial charge on any atom is -0.222 e. The van der Waals surface area contributed by atoms with E-state index in [1.54, 1.807) is 11.3 Å². The molecule has 18 heavy (non-hydrogen) atoms. The van der Waals surface area contributed by atoms with E-state index in [9.17, 15) is 0 Å². The summed E-state index contributed by atoms with van der Waals surface area (Å²) in [4.78, 5) is 3.38. The molecule has 0 unspecified atom stereocenters. The molecule has 94 valence electrons. The van der Waals surface area contributed by atoms with E-state index in [1.165, 1.54) is 22.2 Å². The van der Waals surface area contributed by atoms with Gasteiger partial charge in [0.05, 0.1) is 10.9 Å². The Kier molecular flexibility index (Phi) is 3.76. The highest BCUT2D eigenvalue weighted by atomic mass is 35.7. The molecule has 5 nitrogen and oxygen atoms in total. The molecule has 0 bridgehead atoms. The van der Waals surface area contributed by atoms with Crippen LogP contribution in [0.4, 0.5) is 0 Å². The van der Waals surface area contributed by atoms with Gasteiger partial charge in [0.15, 0.2) is 0 Å². The van der Waals surface area contributed by atoms with E-state index in [0.29, 0.717) is 0 Å². The van der Waals surface area contributed by atoms with Crippen molar-refractivity contribution >= 4 is 22.2 Å². The molecular formula is C11H8ClNO4S. The van der Waals surface area contributed by atoms with Gasteiger partial charge in [-0.3, -0.25) is 0 Å². The van der Waals surface area contributed by atoms with E-state index >= 15 is 0 Å². The predicted molar refractivity (Wildman–Crippen MR) is 55.0 cm³/mol. The molecule has 2 heterocycles. The van der Waals surface area contributed by atoms with Crippen LogP contribution in [-0.2, 0) is 0 Å². The van der Waals surface area contributed by atoms with Gasteiger partial charge in [-0.15, -0.1) is 10.2 Å². The van der Waals surface area contributed by atoms with Gasteiger partial charge in [0.1, 0.15) is 0 Å². The van der Waals surface area contributed by atoms with Gasteiger partial charge in [-0.25, -0.2) is 23.6 Å². The number of para-hydroxylation sites is 1. The number of hydrogen-bond acceptors (Lipinski definition) is 5. The Morgan fingerprint density at radius 2 is 1.67 bits per heavy atom. The molecule has 0 atom stereocenters. The van der Waals surface area contributed by atoms with Crippen molar-refractivity contribution in [3.05, 3.63) is 41.1 Å². The van der Waals surface area contributed by atoms with E-state index in [0.717, 1.165) is 0 Å². The number of fused-ring (bicyclic) bond motifs is 3. The third-order valence-electron chi connectivity index (χ3n) is 2.28. The molecule has 0 aromatic heterocycles. The third-order valence-corrected chi connectivity index (χ3v) is 2.94. The van der Waals surface area contributed by atoms with Gasteiger partial charge in [-0.2, -0.15) is 11.3 Å². The number of halogens is 1. The second-order valence-electron chi connectivity index (χ2n) is 3.43. The summed E-state index contributed by atoms with van der Waals surface area (Å²) in [7, 11) is -4.94. The molecule has 1 aromatic rings. The van der Waals surface area contributed by atoms with Crippen LogP contribution in [0.2, 0.25) is 0 Å². The molecule has 0 saturated heterocycles. The van der Waals surface area contributed by atoms with Crippen LogP contribution in [0.1, 0.15) is 0 Å². The van der Waals surface area contributed by atoms with E-state index in [-0.39, 0.29) is 0 Å². The van der Waals surface area contributed by atoms with Crippen LogP contribution >= 0.6 is 11.3 Å². The maximum atomic E-state index is 8.49. The molecule has 0 aliphatic carbocycles. The summed E-state index contributed by atoms with van der Waals surface area (Å²) in [6.07, 6.45) is 0. The minimum absolute atomic E-state index is 1.22. The third kappa shape index (κ3) is 3.36. The molecule has 0 amide bonds. The van der Waals surface area contributed by atoms with Crippen LogP contribution in [0.15, 0.2) is 41.1 Å². The molecule has 1 N–H and O–H groups in total. The average Bonchev–Trinajstić information content (AvgIpc) is 2.65. The zero-order valence-electron chi connectivity index (χ0n) is 8.96. The normalized spacial score (nSPS) is 11.3. The topological polar surface area (TPSA) is 106 Å². The minimum atomic E-state index is -4.94. The number of nitrogens with one attached hydrogen (secondary N) is 1. The smallest absolute Gasteiger partial charge is 0.213 e. The fraction of sp³-hybridized carbons (Fsp3) is 0. The molecule has 1 aromatic carbocycles. The highest BCUT2D eigenvalue weighted by molar-refractivity contribution is 7.08. The molecule has 0 saturated carbocycles. The van der Waals surface area contributed by atoms with Crippen molar-refractivity contribution in [3.8, 4) is 11.3 Å². The maximum absolute atomic E-state index is 8.49. The molecule has 7 heteroatoms. The average molecular weight is 286 g/mol. The molecule has 2 aliphatic rings. The highest BCUT2D eigenvalue weighted by Crippen LogP contribution is 2.28. The summed E-state index contributed by atoms with van der Waals surface area (Å²) in [5.74, 6) is 0. The van der Waals surface area contributed by atoms with Crippen LogP contribution in [0.3, 0.4) is 0 Å². The van der Waals surface area contributed by atoms with Crippen molar-refractivity contribution in [1.29, 1.82) is 0 Å². The summed E-state index contributed by atoms with van der Waals surface area (Å²) < 4.78 is 34.0. The Morgan fingerprint density at radius 1 is 1.00 bits per heavy atom. The fourth-order valence-corrected chi connectivity index (χ4v) is 2.34. The zero-order chi connectivity index (χ0) is 13.2. The Balaban J connectivity index is 0.000000209. The van der Waals surface area contributed by atoms with E-state index in [2.05, 4.69) is 46.1 Å². The molecular weight excluding hydrogens is 278 g/mol. The van der Waals surface area contributed by atoms with Gasteiger partial charge >= 0.3 is 0 Å². The van der Waals surface area contributed by atoms with E-state index in [4.69, 9.17) is 18.6 Å². The number of H-pyrrole nitrogens is 1. The van der Waals surface area contributed by atoms with E-state index in [1.807, 2.05) is 0 Å². The number of aromatic nitrogens is 1. The lowest BCUT2D eigenvalue weighted by Gasteiger charge is -2.17. The van der Waals surface area contributed by atoms with Crippen molar-refractivity contribution < 1.29 is 33.9 Å². The summed E-state index contributed by atoms with van der Waals surface area (Å²) in [6, 6.07) is 10.5. The van der Waals surface area contributed by atoms with Gasteiger partial charge in [0.25, 0.3) is 0 Å². The number of benzene rings is 1. The van der Waals surface area contributed by atoms with Gasteiger partial charge in [0.2, 0.25) is 11.2 Å². The molecule has 0 radical (unpaired) electrons. The van der Waals surface area contributed by atoms with Crippen molar-refractivity contribution in [2.75, 3.05) is 0 Å². The van der Waals surface area contributed by atoms with Crippen molar-refractivity contribution in [2.24, 2.45) is 0 Å². The summed E-state index contributed by atoms with van der Waals surface area (Å²) in [5, 5.41) is 5.60. The fourth-order valence-electron chi connectivity index (χ4n) is 1.66. The summed E-state index contributed by atoms with van der Waals surface area (Å²) >= 11 is 1.73. The van der Waals surface area contributed by atoms with Crippen LogP contribution < -0.4 is 23.6 Å². The van der Waals surface area contributed by atoms with Crippen molar-refractivity contribution in [3.63, 3.8) is 0 Å². The first kappa shape index (κ1) is 13.2. The van der Waals surface area contributed by atoms with Gasteiger partial charge in [0, 0.05) is 17.5 Å². The van der Waals surface area contributed by atoms with Crippen LogP contribution in [-0.4, -0.2) is 0 Å². The van der Waals surface area contributed by atoms with Crippen LogP contribution in [0, 0.1) is 10.2 Å². The highest BCUT2D eigenvalue weighted by Gasteiger charge is 2.15. The summed E-state index contributed by atoms with van der Waals surface area (Å²) in [6.45, 7) is 0. The zero-order valence-corrected chi connectivity index (χ0v) is 10.5. The Bertz CT molecular complexity index is 616. The summed E-state index contributed by atoms with van der Waals surface area (Å²) in [5.41, 5.74) is 3.76. The first-order chi connectivity index (χ1) is 8.45. The van der Waals surface area contributed by atoms with E-state index < -0.39 is 10.2 Å². The Labute approximate surface area is 109 Å². The van der Waals surface area contributed by atoms with Gasteiger partial charge < -0.3 is 0 Å². The SMILES string of the molecule is [O-][Cl+3]([O-])([O-])[O-].c1ccc2c3csccc-3[nH+]c2c1. The largest absolute Gasteiger partial charge is 0.222 e. The van der Waals surface area contributed by atoms with Gasteiger partial charge in [-0.1, -0.05) is 12.1 Å². The lowest BCUT2D eigenvalue weighted by Crippen LogP contribution is -2.68. The molecule has 3 rings (SSSR count). The first-order valence-corrected chi connectivity index (χ1v) is 7.00. The Hall–Kier alpha value is -1.28.